The molecule has 168 valence electrons. The van der Waals surface area contributed by atoms with Crippen molar-refractivity contribution in [3.63, 3.8) is 0 Å². The van der Waals surface area contributed by atoms with E-state index < -0.39 is 17.7 Å². The molecule has 1 aromatic heterocycles. The van der Waals surface area contributed by atoms with E-state index in [1.165, 1.54) is 12.1 Å². The van der Waals surface area contributed by atoms with Crippen molar-refractivity contribution in [1.82, 2.24) is 10.1 Å². The van der Waals surface area contributed by atoms with Crippen LogP contribution in [0.3, 0.4) is 0 Å². The van der Waals surface area contributed by atoms with Gasteiger partial charge in [0.25, 0.3) is 0 Å². The number of ether oxygens (including phenoxy) is 1. The van der Waals surface area contributed by atoms with Gasteiger partial charge in [-0.3, -0.25) is 4.79 Å². The van der Waals surface area contributed by atoms with Crippen molar-refractivity contribution < 1.29 is 27.2 Å². The first-order valence-electron chi connectivity index (χ1n) is 10.0. The highest BCUT2D eigenvalue weighted by atomic mass is 19.4. The lowest BCUT2D eigenvalue weighted by molar-refractivity contribution is -0.137. The van der Waals surface area contributed by atoms with Crippen LogP contribution in [0.15, 0.2) is 53.1 Å². The number of carbonyl (C=O) groups excluding carboxylic acids is 1. The van der Waals surface area contributed by atoms with Gasteiger partial charge in [-0.05, 0) is 55.3 Å². The maximum absolute atomic E-state index is 12.9. The average molecular weight is 446 g/mol. The third-order valence-corrected chi connectivity index (χ3v) is 5.28. The van der Waals surface area contributed by atoms with Gasteiger partial charge in [-0.2, -0.15) is 18.2 Å². The zero-order valence-electron chi connectivity index (χ0n) is 17.2. The standard InChI is InChI=1S/C22H21F3N4O3/c1-31-18-9-7-14(8-10-18)19-27-21(32-28-19)29-11-3-4-15(13-29)20(30)26-17-6-2-5-16(12-17)22(23,24)25/h2,5-10,12,15H,3-4,11,13H2,1H3,(H,26,30)/t15-/m1/s1. The molecular formula is C22H21F3N4O3. The second-order valence-electron chi connectivity index (χ2n) is 7.48. The first-order valence-corrected chi connectivity index (χ1v) is 10.0. The Labute approximate surface area is 182 Å². The number of anilines is 2. The molecule has 1 saturated heterocycles. The lowest BCUT2D eigenvalue weighted by Crippen LogP contribution is -2.41. The first kappa shape index (κ1) is 21.7. The molecular weight excluding hydrogens is 425 g/mol. The van der Waals surface area contributed by atoms with E-state index in [1.807, 2.05) is 17.0 Å². The summed E-state index contributed by atoms with van der Waals surface area (Å²) in [5.41, 5.74) is 0.0654. The van der Waals surface area contributed by atoms with Crippen molar-refractivity contribution in [2.45, 2.75) is 19.0 Å². The van der Waals surface area contributed by atoms with Crippen LogP contribution in [0.5, 0.6) is 5.75 Å². The molecule has 7 nitrogen and oxygen atoms in total. The maximum Gasteiger partial charge on any atom is 0.416 e. The monoisotopic (exact) mass is 446 g/mol. The smallest absolute Gasteiger partial charge is 0.416 e. The molecule has 0 radical (unpaired) electrons. The van der Waals surface area contributed by atoms with Crippen LogP contribution in [-0.2, 0) is 11.0 Å². The van der Waals surface area contributed by atoms with Crippen LogP contribution in [0, 0.1) is 5.92 Å². The molecule has 1 aliphatic heterocycles. The van der Waals surface area contributed by atoms with E-state index in [4.69, 9.17) is 9.26 Å². The topological polar surface area (TPSA) is 80.5 Å². The van der Waals surface area contributed by atoms with Crippen molar-refractivity contribution >= 4 is 17.6 Å². The summed E-state index contributed by atoms with van der Waals surface area (Å²) in [6.07, 6.45) is -3.15. The van der Waals surface area contributed by atoms with E-state index in [2.05, 4.69) is 15.5 Å². The molecule has 0 spiro atoms. The van der Waals surface area contributed by atoms with E-state index in [0.29, 0.717) is 43.5 Å². The summed E-state index contributed by atoms with van der Waals surface area (Å²) in [4.78, 5) is 18.9. The van der Waals surface area contributed by atoms with Crippen molar-refractivity contribution in [3.8, 4) is 17.1 Å². The molecule has 1 fully saturated rings. The molecule has 32 heavy (non-hydrogen) atoms. The highest BCUT2D eigenvalue weighted by molar-refractivity contribution is 5.93. The van der Waals surface area contributed by atoms with E-state index in [-0.39, 0.29) is 11.6 Å². The first-order chi connectivity index (χ1) is 15.3. The number of halogens is 3. The number of hydrogen-bond donors (Lipinski definition) is 1. The van der Waals surface area contributed by atoms with Crippen LogP contribution in [0.4, 0.5) is 24.9 Å². The zero-order chi connectivity index (χ0) is 22.7. The maximum atomic E-state index is 12.9. The van der Waals surface area contributed by atoms with E-state index >= 15 is 0 Å². The predicted molar refractivity (Wildman–Crippen MR) is 111 cm³/mol. The van der Waals surface area contributed by atoms with Crippen molar-refractivity contribution in [1.29, 1.82) is 0 Å². The Balaban J connectivity index is 1.42. The van der Waals surface area contributed by atoms with Gasteiger partial charge in [0.15, 0.2) is 0 Å². The predicted octanol–water partition coefficient (Wildman–Crippen LogP) is 4.62. The summed E-state index contributed by atoms with van der Waals surface area (Å²) in [5.74, 6) is 0.361. The summed E-state index contributed by atoms with van der Waals surface area (Å²) >= 11 is 0. The molecule has 4 rings (SSSR count). The molecule has 0 aliphatic carbocycles. The Morgan fingerprint density at radius 2 is 2.00 bits per heavy atom. The lowest BCUT2D eigenvalue weighted by atomic mass is 9.97. The fraction of sp³-hybridized carbons (Fsp3) is 0.318. The van der Waals surface area contributed by atoms with Gasteiger partial charge in [-0.15, -0.1) is 0 Å². The van der Waals surface area contributed by atoms with Gasteiger partial charge in [0, 0.05) is 24.3 Å². The Hall–Kier alpha value is -3.56. The lowest BCUT2D eigenvalue weighted by Gasteiger charge is -2.30. The fourth-order valence-electron chi connectivity index (χ4n) is 3.58. The molecule has 0 unspecified atom stereocenters. The summed E-state index contributed by atoms with van der Waals surface area (Å²) in [7, 11) is 1.58. The van der Waals surface area contributed by atoms with Crippen molar-refractivity contribution in [2.75, 3.05) is 30.4 Å². The van der Waals surface area contributed by atoms with Crippen LogP contribution in [0.25, 0.3) is 11.4 Å². The van der Waals surface area contributed by atoms with Gasteiger partial charge in [-0.1, -0.05) is 11.2 Å². The molecule has 3 aromatic rings. The van der Waals surface area contributed by atoms with Gasteiger partial charge < -0.3 is 19.5 Å². The van der Waals surface area contributed by atoms with Gasteiger partial charge >= 0.3 is 12.2 Å². The SMILES string of the molecule is COc1ccc(-c2noc(N3CCC[C@@H](C(=O)Nc4cccc(C(F)(F)F)c4)C3)n2)cc1. The van der Waals surface area contributed by atoms with Gasteiger partial charge in [0.2, 0.25) is 11.7 Å². The Morgan fingerprint density at radius 1 is 1.22 bits per heavy atom. The van der Waals surface area contributed by atoms with Crippen molar-refractivity contribution in [3.05, 3.63) is 54.1 Å². The second-order valence-corrected chi connectivity index (χ2v) is 7.48. The highest BCUT2D eigenvalue weighted by Crippen LogP contribution is 2.31. The number of nitrogens with zero attached hydrogens (tertiary/aromatic N) is 3. The molecule has 1 atom stereocenters. The largest absolute Gasteiger partial charge is 0.497 e. The quantitative estimate of drug-likeness (QED) is 0.616. The number of amides is 1. The van der Waals surface area contributed by atoms with Crippen molar-refractivity contribution in [2.24, 2.45) is 5.92 Å². The highest BCUT2D eigenvalue weighted by Gasteiger charge is 2.32. The Kier molecular flexibility index (Phi) is 6.02. The number of piperidine rings is 1. The average Bonchev–Trinajstić information content (AvgIpc) is 3.29. The number of rotatable bonds is 5. The van der Waals surface area contributed by atoms with Crippen LogP contribution in [0.1, 0.15) is 18.4 Å². The fourth-order valence-corrected chi connectivity index (χ4v) is 3.58. The van der Waals surface area contributed by atoms with Crippen LogP contribution >= 0.6 is 0 Å². The minimum Gasteiger partial charge on any atom is -0.497 e. The minimum absolute atomic E-state index is 0.113. The summed E-state index contributed by atoms with van der Waals surface area (Å²) in [6, 6.07) is 12.1. The summed E-state index contributed by atoms with van der Waals surface area (Å²) in [5, 5.41) is 6.61. The number of alkyl halides is 3. The molecule has 1 amide bonds. The molecule has 0 bridgehead atoms. The summed E-state index contributed by atoms with van der Waals surface area (Å²) in [6.45, 7) is 0.965. The third kappa shape index (κ3) is 4.84. The van der Waals surface area contributed by atoms with E-state index in [0.717, 1.165) is 17.7 Å². The van der Waals surface area contributed by atoms with E-state index in [9.17, 15) is 18.0 Å². The second kappa shape index (κ2) is 8.89. The number of carbonyl (C=O) groups is 1. The molecule has 2 heterocycles. The third-order valence-electron chi connectivity index (χ3n) is 5.28. The van der Waals surface area contributed by atoms with Gasteiger partial charge in [0.1, 0.15) is 5.75 Å². The van der Waals surface area contributed by atoms with Gasteiger partial charge in [0.05, 0.1) is 18.6 Å². The zero-order valence-corrected chi connectivity index (χ0v) is 17.2. The summed E-state index contributed by atoms with van der Waals surface area (Å²) < 4.78 is 49.3. The number of hydrogen-bond acceptors (Lipinski definition) is 6. The minimum atomic E-state index is -4.47. The van der Waals surface area contributed by atoms with Crippen LogP contribution in [0.2, 0.25) is 0 Å². The van der Waals surface area contributed by atoms with Gasteiger partial charge in [-0.25, -0.2) is 0 Å². The molecule has 2 aromatic carbocycles. The Bertz CT molecular complexity index is 1080. The molecule has 0 saturated carbocycles. The number of benzene rings is 2. The molecule has 10 heteroatoms. The normalized spacial score (nSPS) is 16.6. The van der Waals surface area contributed by atoms with Crippen LogP contribution in [-0.4, -0.2) is 36.2 Å². The van der Waals surface area contributed by atoms with E-state index in [1.54, 1.807) is 19.2 Å². The number of methoxy groups -OCH3 is 1. The number of aromatic nitrogens is 2. The molecule has 1 N–H and O–H groups in total. The molecule has 1 aliphatic rings. The Morgan fingerprint density at radius 3 is 2.72 bits per heavy atom. The number of nitrogens with one attached hydrogen (secondary N) is 1. The van der Waals surface area contributed by atoms with Crippen LogP contribution < -0.4 is 15.0 Å².